The van der Waals surface area contributed by atoms with Crippen LogP contribution in [0.3, 0.4) is 0 Å². The van der Waals surface area contributed by atoms with Crippen molar-refractivity contribution in [2.45, 2.75) is 25.4 Å². The predicted molar refractivity (Wildman–Crippen MR) is 359 cm³/mol. The van der Waals surface area contributed by atoms with E-state index in [1.165, 1.54) is 0 Å². The highest BCUT2D eigenvalue weighted by Crippen LogP contribution is 2.15. The quantitative estimate of drug-likeness (QED) is 0.0166. The van der Waals surface area contributed by atoms with Crippen LogP contribution in [0.5, 0.6) is 0 Å². The molecule has 0 N–H and O–H groups in total. The summed E-state index contributed by atoms with van der Waals surface area (Å²) in [7, 11) is 0. The van der Waals surface area contributed by atoms with Gasteiger partial charge in [0.1, 0.15) is 51.5 Å². The Morgan fingerprint density at radius 3 is 0.740 bits per heavy atom. The van der Waals surface area contributed by atoms with Crippen LogP contribution in [0.2, 0.25) is 0 Å². The van der Waals surface area contributed by atoms with Gasteiger partial charge in [0, 0.05) is 165 Å². The lowest BCUT2D eigenvalue weighted by Crippen LogP contribution is -2.48. The van der Waals surface area contributed by atoms with Crippen molar-refractivity contribution in [1.82, 2.24) is 19.6 Å². The molecule has 610 valence electrons. The minimum absolute atomic E-state index is 0.0251. The highest BCUT2D eigenvalue weighted by atomic mass is 35.5. The van der Waals surface area contributed by atoms with Crippen LogP contribution in [-0.2, 0) is 134 Å². The number of halogens is 8. The van der Waals surface area contributed by atoms with Crippen LogP contribution < -0.4 is 0 Å². The van der Waals surface area contributed by atoms with E-state index in [0.29, 0.717) is 39.3 Å². The molecule has 0 bridgehead atoms. The molecule has 0 aliphatic heterocycles. The van der Waals surface area contributed by atoms with Gasteiger partial charge >= 0.3 is 43.4 Å². The van der Waals surface area contributed by atoms with Gasteiger partial charge in [-0.3, -0.25) is 34.3 Å². The summed E-state index contributed by atoms with van der Waals surface area (Å²) >= 11 is 41.8. The average molecular weight is 1680 g/mol. The maximum atomic E-state index is 11.2. The van der Waals surface area contributed by atoms with E-state index in [0.717, 1.165) is 0 Å². The molecule has 3 unspecified atom stereocenters. The Kier molecular flexibility index (Phi) is 73.4. The van der Waals surface area contributed by atoms with Gasteiger partial charge in [-0.25, -0.2) is 38.4 Å². The molecule has 48 heteroatoms. The second kappa shape index (κ2) is 75.5. The molecular weight excluding hydrogens is 1590 g/mol. The van der Waals surface area contributed by atoms with Gasteiger partial charge in [-0.15, -0.1) is 0 Å². The molecule has 0 saturated carbocycles. The van der Waals surface area contributed by atoms with E-state index in [-0.39, 0.29) is 251 Å². The Morgan fingerprint density at radius 1 is 0.250 bits per heavy atom. The van der Waals surface area contributed by atoms with Crippen LogP contribution in [0.25, 0.3) is 0 Å². The fourth-order valence-corrected chi connectivity index (χ4v) is 8.11. The highest BCUT2D eigenvalue weighted by Gasteiger charge is 2.29. The number of ether oxygens (including phenoxy) is 19. The summed E-state index contributed by atoms with van der Waals surface area (Å²) in [6, 6.07) is 0. The first-order chi connectivity index (χ1) is 50.3. The average Bonchev–Trinajstić information content (AvgIpc) is 0.881. The summed E-state index contributed by atoms with van der Waals surface area (Å²) < 4.78 is 106. The van der Waals surface area contributed by atoms with Crippen molar-refractivity contribution in [2.24, 2.45) is 0 Å². The molecule has 0 fully saturated rings. The van der Waals surface area contributed by atoms with Crippen molar-refractivity contribution in [2.75, 3.05) is 290 Å². The van der Waals surface area contributed by atoms with E-state index in [1.54, 1.807) is 11.8 Å². The fourth-order valence-electron chi connectivity index (χ4n) is 7.65. The van der Waals surface area contributed by atoms with E-state index < -0.39 is 61.9 Å². The van der Waals surface area contributed by atoms with Gasteiger partial charge in [0.25, 0.3) is 0 Å². The van der Waals surface area contributed by atoms with Crippen molar-refractivity contribution < 1.29 is 173 Å². The number of rotatable bonds is 78. The molecule has 0 radical (unpaired) electrons. The molecule has 0 saturated heterocycles. The standard InChI is InChI=1S/C56H94Cl8N4O36/c1-46(68(11-22-96-103-100-55(63)75)12-23-97-104-101-56(64)76)98-48(45-88-19-8-67(10-21-95-102-99-54(62)74)6-17-81-28-33-86-38-43-94-53(61)73)47(89-20-9-66(4-15-79-26-31-84-36-41-92-51(59)71)5-16-80-27-32-85-37-42-93-52(60)72)44-87-18-7-65(2-13-77-24-29-82-34-39-90-49(57)69)3-14-78-25-30-83-35-40-91-50(58)70/h46-48H,2-45H2,1H3. The summed E-state index contributed by atoms with van der Waals surface area (Å²) in [6.45, 7) is 7.17. The number of hydrogen-bond acceptors (Lipinski definition) is 40. The summed E-state index contributed by atoms with van der Waals surface area (Å²) in [5.74, 6) is 0. The molecule has 0 amide bonds. The molecule has 40 nitrogen and oxygen atoms in total. The third-order valence-electron chi connectivity index (χ3n) is 12.4. The Morgan fingerprint density at radius 2 is 0.471 bits per heavy atom. The second-order valence-electron chi connectivity index (χ2n) is 19.6. The molecule has 0 aromatic heterocycles. The maximum absolute atomic E-state index is 11.2. The van der Waals surface area contributed by atoms with Crippen LogP contribution in [0, 0.1) is 0 Å². The SMILES string of the molecule is CC(OC(COCCN(CCOCCOCCOC(=O)Cl)CCOOOC(=O)Cl)C(COCCN(CCOCCOCCOC(=O)Cl)CCOCCOCCOC(=O)Cl)OCCN(CCOCCOCCOC(=O)Cl)CCOCCOCCOC(=O)Cl)N(CCOOOC(=O)Cl)CCOOOC(=O)Cl. The van der Waals surface area contributed by atoms with Crippen molar-refractivity contribution in [3.05, 3.63) is 0 Å². The molecule has 0 aromatic carbocycles. The van der Waals surface area contributed by atoms with Gasteiger partial charge in [-0.1, -0.05) is 0 Å². The lowest BCUT2D eigenvalue weighted by atomic mass is 10.2. The number of nitrogens with zero attached hydrogens (tertiary/aromatic N) is 4. The van der Waals surface area contributed by atoms with Crippen molar-refractivity contribution >= 4 is 136 Å². The number of carbonyl (C=O) groups excluding carboxylic acids is 8. The highest BCUT2D eigenvalue weighted by molar-refractivity contribution is 6.62. The first kappa shape index (κ1) is 101. The third-order valence-corrected chi connectivity index (χ3v) is 13.1. The third kappa shape index (κ3) is 74.6. The second-order valence-corrected chi connectivity index (χ2v) is 22.0. The normalized spacial score (nSPS) is 12.4. The molecular formula is C56H94Cl8N4O36. The molecule has 0 aromatic rings. The van der Waals surface area contributed by atoms with Gasteiger partial charge in [0.05, 0.1) is 185 Å². The molecule has 0 spiro atoms. The van der Waals surface area contributed by atoms with E-state index in [2.05, 4.69) is 53.5 Å². The smallest absolute Gasteiger partial charge is 0.438 e. The molecule has 0 aliphatic rings. The lowest BCUT2D eigenvalue weighted by Gasteiger charge is -2.35. The van der Waals surface area contributed by atoms with Crippen LogP contribution >= 0.6 is 92.8 Å². The molecule has 0 aliphatic carbocycles. The van der Waals surface area contributed by atoms with E-state index in [9.17, 15) is 38.4 Å². The minimum atomic E-state index is -1.31. The van der Waals surface area contributed by atoms with Crippen molar-refractivity contribution in [1.29, 1.82) is 0 Å². The zero-order valence-electron chi connectivity index (χ0n) is 57.4. The summed E-state index contributed by atoms with van der Waals surface area (Å²) in [6.07, 6.45) is -2.87. The van der Waals surface area contributed by atoms with Gasteiger partial charge in [0.2, 0.25) is 0 Å². The van der Waals surface area contributed by atoms with E-state index in [1.807, 2.05) is 14.7 Å². The van der Waals surface area contributed by atoms with Crippen LogP contribution in [-0.4, -0.2) is 371 Å². The summed E-state index contributed by atoms with van der Waals surface area (Å²) in [5, 5.41) is 13.3. The molecule has 3 atom stereocenters. The van der Waals surface area contributed by atoms with Crippen LogP contribution in [0.1, 0.15) is 6.92 Å². The first-order valence-corrected chi connectivity index (χ1v) is 35.0. The monoisotopic (exact) mass is 1680 g/mol. The van der Waals surface area contributed by atoms with Gasteiger partial charge in [0.15, 0.2) is 0 Å². The van der Waals surface area contributed by atoms with Crippen LogP contribution in [0.4, 0.5) is 38.4 Å². The topological polar surface area (TPSA) is 408 Å². The fraction of sp³-hybridized carbons (Fsp3) is 0.857. The van der Waals surface area contributed by atoms with Gasteiger partial charge < -0.3 is 90.0 Å². The maximum Gasteiger partial charge on any atom is 0.438 e. The molecule has 0 heterocycles. The zero-order chi connectivity index (χ0) is 76.6. The van der Waals surface area contributed by atoms with Crippen LogP contribution in [0.15, 0.2) is 0 Å². The summed E-state index contributed by atoms with van der Waals surface area (Å²) in [5.41, 5.74) is -8.68. The lowest BCUT2D eigenvalue weighted by molar-refractivity contribution is -0.481. The minimum Gasteiger partial charge on any atom is -0.451 e. The predicted octanol–water partition coefficient (Wildman–Crippen LogP) is 6.10. The van der Waals surface area contributed by atoms with E-state index >= 15 is 0 Å². The number of carbonyl (C=O) groups is 8. The number of hydrogen-bond donors (Lipinski definition) is 0. The Labute approximate surface area is 640 Å². The summed E-state index contributed by atoms with van der Waals surface area (Å²) in [4.78, 5) is 123. The first-order valence-electron chi connectivity index (χ1n) is 32.0. The molecule has 0 rings (SSSR count). The Hall–Kier alpha value is -2.88. The van der Waals surface area contributed by atoms with E-state index in [4.69, 9.17) is 174 Å². The Balaban J connectivity index is 7.24. The largest absolute Gasteiger partial charge is 0.451 e. The van der Waals surface area contributed by atoms with Gasteiger partial charge in [-0.05, 0) is 22.0 Å². The van der Waals surface area contributed by atoms with Crippen molar-refractivity contribution in [3.8, 4) is 0 Å². The molecule has 104 heavy (non-hydrogen) atoms. The Bertz CT molecular complexity index is 2050. The zero-order valence-corrected chi connectivity index (χ0v) is 63.4. The van der Waals surface area contributed by atoms with Gasteiger partial charge in [-0.2, -0.15) is 14.7 Å². The van der Waals surface area contributed by atoms with Crippen molar-refractivity contribution in [3.63, 3.8) is 0 Å².